The molecular weight excluding hydrogens is 180 g/mol. The molecular formula is C10H12N2O2. The van der Waals surface area contributed by atoms with Crippen molar-refractivity contribution in [2.75, 3.05) is 5.01 Å². The summed E-state index contributed by atoms with van der Waals surface area (Å²) in [6, 6.07) is 7.04. The maximum Gasteiger partial charge on any atom is 0.240 e. The predicted octanol–water partition coefficient (Wildman–Crippen LogP) is 1.02. The molecule has 74 valence electrons. The monoisotopic (exact) mass is 192 g/mol. The fourth-order valence-electron chi connectivity index (χ4n) is 1.62. The van der Waals surface area contributed by atoms with Crippen molar-refractivity contribution in [1.29, 1.82) is 0 Å². The zero-order valence-corrected chi connectivity index (χ0v) is 7.90. The van der Waals surface area contributed by atoms with Gasteiger partial charge in [0.15, 0.2) is 0 Å². The van der Waals surface area contributed by atoms with Crippen molar-refractivity contribution >= 4 is 11.6 Å². The molecule has 1 amide bonds. The molecule has 4 nitrogen and oxygen atoms in total. The second kappa shape index (κ2) is 3.21. The third-order valence-electron chi connectivity index (χ3n) is 2.31. The van der Waals surface area contributed by atoms with E-state index < -0.39 is 0 Å². The Kier molecular flexibility index (Phi) is 2.04. The van der Waals surface area contributed by atoms with Crippen LogP contribution in [0, 0.1) is 0 Å². The van der Waals surface area contributed by atoms with Gasteiger partial charge < -0.3 is 5.11 Å². The minimum Gasteiger partial charge on any atom is -0.506 e. The molecule has 1 aromatic rings. The molecule has 0 aromatic heterocycles. The van der Waals surface area contributed by atoms with Crippen molar-refractivity contribution in [3.05, 3.63) is 24.3 Å². The normalized spacial score (nSPS) is 21.1. The van der Waals surface area contributed by atoms with Gasteiger partial charge >= 0.3 is 0 Å². The smallest absolute Gasteiger partial charge is 0.240 e. The summed E-state index contributed by atoms with van der Waals surface area (Å²) in [6.07, 6.45) is 0.467. The fraction of sp³-hybridized carbons (Fsp3) is 0.300. The Labute approximate surface area is 82.1 Å². The Morgan fingerprint density at radius 1 is 1.50 bits per heavy atom. The Bertz CT molecular complexity index is 365. The number of phenolic OH excluding ortho intramolecular Hbond substituents is 1. The molecule has 4 heteroatoms. The lowest BCUT2D eigenvalue weighted by Crippen LogP contribution is -2.37. The quantitative estimate of drug-likeness (QED) is 0.698. The van der Waals surface area contributed by atoms with Gasteiger partial charge in [-0.1, -0.05) is 12.1 Å². The molecule has 2 N–H and O–H groups in total. The highest BCUT2D eigenvalue weighted by Gasteiger charge is 2.27. The molecule has 0 spiro atoms. The van der Waals surface area contributed by atoms with Gasteiger partial charge in [0.1, 0.15) is 5.75 Å². The lowest BCUT2D eigenvalue weighted by atomic mass is 10.2. The third-order valence-corrected chi connectivity index (χ3v) is 2.31. The molecule has 14 heavy (non-hydrogen) atoms. The van der Waals surface area contributed by atoms with E-state index in [9.17, 15) is 9.90 Å². The van der Waals surface area contributed by atoms with E-state index in [4.69, 9.17) is 0 Å². The number of phenols is 1. The summed E-state index contributed by atoms with van der Waals surface area (Å²) in [5, 5.41) is 11.3. The number of anilines is 1. The van der Waals surface area contributed by atoms with Gasteiger partial charge in [0.05, 0.1) is 18.2 Å². The van der Waals surface area contributed by atoms with E-state index in [1.165, 1.54) is 0 Å². The van der Waals surface area contributed by atoms with Crippen LogP contribution < -0.4 is 10.4 Å². The number of nitrogens with zero attached hydrogens (tertiary/aromatic N) is 1. The summed E-state index contributed by atoms with van der Waals surface area (Å²) < 4.78 is 0. The predicted molar refractivity (Wildman–Crippen MR) is 52.8 cm³/mol. The van der Waals surface area contributed by atoms with Crippen molar-refractivity contribution in [2.24, 2.45) is 0 Å². The maximum atomic E-state index is 11.1. The van der Waals surface area contributed by atoms with Crippen molar-refractivity contribution in [3.63, 3.8) is 0 Å². The van der Waals surface area contributed by atoms with Gasteiger partial charge in [-0.2, -0.15) is 0 Å². The molecule has 0 radical (unpaired) electrons. The Morgan fingerprint density at radius 2 is 2.21 bits per heavy atom. The average Bonchev–Trinajstić information content (AvgIpc) is 2.46. The summed E-state index contributed by atoms with van der Waals surface area (Å²) in [5.41, 5.74) is 3.34. The lowest BCUT2D eigenvalue weighted by Gasteiger charge is -2.23. The summed E-state index contributed by atoms with van der Waals surface area (Å²) in [7, 11) is 0. The summed E-state index contributed by atoms with van der Waals surface area (Å²) in [6.45, 7) is 1.93. The number of carbonyl (C=O) groups is 1. The van der Waals surface area contributed by atoms with Crippen LogP contribution in [-0.4, -0.2) is 17.1 Å². The molecule has 1 heterocycles. The molecule has 1 aliphatic rings. The molecule has 0 aliphatic carbocycles. The first-order valence-electron chi connectivity index (χ1n) is 4.55. The van der Waals surface area contributed by atoms with Crippen LogP contribution in [0.3, 0.4) is 0 Å². The second-order valence-corrected chi connectivity index (χ2v) is 3.45. The van der Waals surface area contributed by atoms with Crippen LogP contribution >= 0.6 is 0 Å². The highest BCUT2D eigenvalue weighted by Crippen LogP contribution is 2.29. The van der Waals surface area contributed by atoms with E-state index >= 15 is 0 Å². The first-order chi connectivity index (χ1) is 6.68. The number of hydrogen-bond donors (Lipinski definition) is 2. The second-order valence-electron chi connectivity index (χ2n) is 3.45. The van der Waals surface area contributed by atoms with Crippen molar-refractivity contribution in [3.8, 4) is 5.75 Å². The number of rotatable bonds is 1. The van der Waals surface area contributed by atoms with Gasteiger partial charge in [-0.3, -0.25) is 15.2 Å². The largest absolute Gasteiger partial charge is 0.506 e. The molecule has 1 fully saturated rings. The minimum atomic E-state index is -0.0132. The number of carbonyl (C=O) groups excluding carboxylic acids is 1. The Balaban J connectivity index is 2.32. The number of para-hydroxylation sites is 2. The van der Waals surface area contributed by atoms with E-state index in [-0.39, 0.29) is 17.7 Å². The van der Waals surface area contributed by atoms with E-state index in [2.05, 4.69) is 5.43 Å². The number of benzene rings is 1. The molecule has 1 aliphatic heterocycles. The van der Waals surface area contributed by atoms with Crippen molar-refractivity contribution < 1.29 is 9.90 Å². The summed E-state index contributed by atoms with van der Waals surface area (Å²) in [4.78, 5) is 11.1. The Morgan fingerprint density at radius 3 is 2.79 bits per heavy atom. The van der Waals surface area contributed by atoms with E-state index in [0.717, 1.165) is 0 Å². The molecule has 0 bridgehead atoms. The van der Waals surface area contributed by atoms with Crippen LogP contribution in [0.5, 0.6) is 5.75 Å². The maximum absolute atomic E-state index is 11.1. The van der Waals surface area contributed by atoms with Crippen LogP contribution in [0.1, 0.15) is 13.3 Å². The number of aromatic hydroxyl groups is 1. The van der Waals surface area contributed by atoms with Crippen LogP contribution in [0.15, 0.2) is 24.3 Å². The zero-order valence-electron chi connectivity index (χ0n) is 7.90. The third kappa shape index (κ3) is 1.39. The van der Waals surface area contributed by atoms with Gasteiger partial charge in [0.25, 0.3) is 0 Å². The van der Waals surface area contributed by atoms with Gasteiger partial charge in [-0.05, 0) is 19.1 Å². The van der Waals surface area contributed by atoms with E-state index in [0.29, 0.717) is 12.1 Å². The van der Waals surface area contributed by atoms with Crippen LogP contribution in [0.4, 0.5) is 5.69 Å². The van der Waals surface area contributed by atoms with Crippen LogP contribution in [-0.2, 0) is 4.79 Å². The molecule has 1 atom stereocenters. The van der Waals surface area contributed by atoms with E-state index in [1.807, 2.05) is 13.0 Å². The zero-order chi connectivity index (χ0) is 10.1. The van der Waals surface area contributed by atoms with Gasteiger partial charge in [0.2, 0.25) is 5.91 Å². The van der Waals surface area contributed by atoms with Gasteiger partial charge in [0, 0.05) is 0 Å². The van der Waals surface area contributed by atoms with Crippen LogP contribution in [0.25, 0.3) is 0 Å². The molecule has 2 rings (SSSR count). The topological polar surface area (TPSA) is 52.6 Å². The minimum absolute atomic E-state index is 0.0132. The lowest BCUT2D eigenvalue weighted by molar-refractivity contribution is -0.119. The SMILES string of the molecule is CC1CC(=O)NN1c1ccccc1O. The van der Waals surface area contributed by atoms with Crippen molar-refractivity contribution in [1.82, 2.24) is 5.43 Å². The van der Waals surface area contributed by atoms with E-state index in [1.54, 1.807) is 23.2 Å². The number of hydrazine groups is 1. The highest BCUT2D eigenvalue weighted by molar-refractivity contribution is 5.83. The molecule has 1 aromatic carbocycles. The van der Waals surface area contributed by atoms with Gasteiger partial charge in [-0.25, -0.2) is 0 Å². The highest BCUT2D eigenvalue weighted by atomic mass is 16.3. The number of hydrogen-bond acceptors (Lipinski definition) is 3. The standard InChI is InChI=1S/C10H12N2O2/c1-7-6-10(14)11-12(7)8-4-2-3-5-9(8)13/h2-5,7,13H,6H2,1H3,(H,11,14). The summed E-state index contributed by atoms with van der Waals surface area (Å²) in [5.74, 6) is 0.169. The first kappa shape index (κ1) is 8.87. The molecule has 1 unspecified atom stereocenters. The molecule has 1 saturated heterocycles. The number of amides is 1. The average molecular weight is 192 g/mol. The first-order valence-corrected chi connectivity index (χ1v) is 4.55. The fourth-order valence-corrected chi connectivity index (χ4v) is 1.62. The number of nitrogens with one attached hydrogen (secondary N) is 1. The van der Waals surface area contributed by atoms with Crippen LogP contribution in [0.2, 0.25) is 0 Å². The molecule has 0 saturated carbocycles. The summed E-state index contributed by atoms with van der Waals surface area (Å²) >= 11 is 0. The van der Waals surface area contributed by atoms with Crippen molar-refractivity contribution in [2.45, 2.75) is 19.4 Å². The van der Waals surface area contributed by atoms with Gasteiger partial charge in [-0.15, -0.1) is 0 Å². The Hall–Kier alpha value is -1.71.